The molecule has 0 fully saturated rings. The fourth-order valence-corrected chi connectivity index (χ4v) is 2.76. The van der Waals surface area contributed by atoms with Gasteiger partial charge in [-0.15, -0.1) is 0 Å². The zero-order valence-corrected chi connectivity index (χ0v) is 14.2. The molecule has 24 heavy (non-hydrogen) atoms. The van der Waals surface area contributed by atoms with Crippen LogP contribution in [0.15, 0.2) is 72.8 Å². The molecule has 0 atom stereocenters. The first-order valence-electron chi connectivity index (χ1n) is 7.87. The van der Waals surface area contributed by atoms with Crippen LogP contribution < -0.4 is 14.4 Å². The second kappa shape index (κ2) is 7.09. The molecule has 3 heteroatoms. The molecule has 3 aromatic rings. The van der Waals surface area contributed by atoms with Crippen LogP contribution in [-0.2, 0) is 0 Å². The minimum absolute atomic E-state index is 0.845. The van der Waals surface area contributed by atoms with Gasteiger partial charge in [0.1, 0.15) is 11.5 Å². The summed E-state index contributed by atoms with van der Waals surface area (Å²) in [5, 5.41) is 0. The summed E-state index contributed by atoms with van der Waals surface area (Å²) in [7, 11) is 3.37. The predicted octanol–water partition coefficient (Wildman–Crippen LogP) is 5.48. The number of hydrogen-bond donors (Lipinski definition) is 0. The average Bonchev–Trinajstić information content (AvgIpc) is 2.64. The fourth-order valence-electron chi connectivity index (χ4n) is 2.76. The zero-order chi connectivity index (χ0) is 16.9. The van der Waals surface area contributed by atoms with Gasteiger partial charge in [-0.25, -0.2) is 0 Å². The van der Waals surface area contributed by atoms with Crippen LogP contribution in [0.5, 0.6) is 11.5 Å². The highest BCUT2D eigenvalue weighted by molar-refractivity contribution is 5.77. The van der Waals surface area contributed by atoms with E-state index in [0.717, 1.165) is 34.1 Å². The summed E-state index contributed by atoms with van der Waals surface area (Å²) in [5.74, 6) is 1.74. The Hall–Kier alpha value is -2.94. The number of methoxy groups -OCH3 is 2. The van der Waals surface area contributed by atoms with Gasteiger partial charge >= 0.3 is 0 Å². The summed E-state index contributed by atoms with van der Waals surface area (Å²) in [6.07, 6.45) is 0. The highest BCUT2D eigenvalue weighted by Gasteiger charge is 2.13. The Morgan fingerprint density at radius 2 is 1.29 bits per heavy atom. The lowest BCUT2D eigenvalue weighted by Crippen LogP contribution is -2.10. The molecule has 0 spiro atoms. The van der Waals surface area contributed by atoms with Crippen LogP contribution in [-0.4, -0.2) is 14.2 Å². The van der Waals surface area contributed by atoms with E-state index >= 15 is 0 Å². The number of para-hydroxylation sites is 1. The molecule has 0 saturated carbocycles. The van der Waals surface area contributed by atoms with Gasteiger partial charge in [-0.2, -0.15) is 0 Å². The van der Waals surface area contributed by atoms with Crippen molar-refractivity contribution < 1.29 is 9.47 Å². The smallest absolute Gasteiger partial charge is 0.121 e. The molecule has 0 bridgehead atoms. The SMILES string of the molecule is COc1ccc(N(c2ccccc2)c2ccc(OC)c(C)c2)cc1. The number of ether oxygens (including phenoxy) is 2. The van der Waals surface area contributed by atoms with E-state index in [1.165, 1.54) is 0 Å². The third kappa shape index (κ3) is 3.20. The van der Waals surface area contributed by atoms with Crippen LogP contribution in [0.4, 0.5) is 17.1 Å². The molecule has 0 amide bonds. The number of anilines is 3. The van der Waals surface area contributed by atoms with Gasteiger partial charge in [0.05, 0.1) is 14.2 Å². The highest BCUT2D eigenvalue weighted by atomic mass is 16.5. The lowest BCUT2D eigenvalue weighted by molar-refractivity contribution is 0.412. The molecule has 0 N–H and O–H groups in total. The van der Waals surface area contributed by atoms with E-state index in [4.69, 9.17) is 9.47 Å². The van der Waals surface area contributed by atoms with Crippen LogP contribution in [0.3, 0.4) is 0 Å². The Morgan fingerprint density at radius 3 is 1.88 bits per heavy atom. The maximum atomic E-state index is 5.39. The first kappa shape index (κ1) is 15.9. The van der Waals surface area contributed by atoms with E-state index < -0.39 is 0 Å². The molecule has 0 heterocycles. The van der Waals surface area contributed by atoms with Crippen molar-refractivity contribution in [2.45, 2.75) is 6.92 Å². The summed E-state index contributed by atoms with van der Waals surface area (Å²) in [4.78, 5) is 2.21. The molecule has 0 aliphatic rings. The van der Waals surface area contributed by atoms with Crippen molar-refractivity contribution in [1.29, 1.82) is 0 Å². The number of hydrogen-bond acceptors (Lipinski definition) is 3. The van der Waals surface area contributed by atoms with Gasteiger partial charge in [-0.05, 0) is 67.1 Å². The molecule has 0 aromatic heterocycles. The Balaban J connectivity index is 2.09. The van der Waals surface area contributed by atoms with E-state index in [-0.39, 0.29) is 0 Å². The predicted molar refractivity (Wildman–Crippen MR) is 99.0 cm³/mol. The largest absolute Gasteiger partial charge is 0.497 e. The number of nitrogens with zero attached hydrogens (tertiary/aromatic N) is 1. The second-order valence-corrected chi connectivity index (χ2v) is 5.52. The molecular formula is C21H21NO2. The molecule has 0 radical (unpaired) electrons. The van der Waals surface area contributed by atoms with Crippen LogP contribution in [0.1, 0.15) is 5.56 Å². The molecule has 3 aromatic carbocycles. The van der Waals surface area contributed by atoms with E-state index in [1.54, 1.807) is 14.2 Å². The van der Waals surface area contributed by atoms with Gasteiger partial charge in [-0.1, -0.05) is 18.2 Å². The average molecular weight is 319 g/mol. The molecule has 122 valence electrons. The van der Waals surface area contributed by atoms with E-state index in [0.29, 0.717) is 0 Å². The van der Waals surface area contributed by atoms with Crippen molar-refractivity contribution in [2.24, 2.45) is 0 Å². The normalized spacial score (nSPS) is 10.3. The fraction of sp³-hybridized carbons (Fsp3) is 0.143. The Morgan fingerprint density at radius 1 is 0.667 bits per heavy atom. The van der Waals surface area contributed by atoms with E-state index in [9.17, 15) is 0 Å². The summed E-state index contributed by atoms with van der Waals surface area (Å²) in [5.41, 5.74) is 4.37. The van der Waals surface area contributed by atoms with Gasteiger partial charge < -0.3 is 14.4 Å². The Bertz CT molecular complexity index is 798. The van der Waals surface area contributed by atoms with Crippen molar-refractivity contribution in [3.63, 3.8) is 0 Å². The van der Waals surface area contributed by atoms with Crippen molar-refractivity contribution in [3.05, 3.63) is 78.4 Å². The molecule has 0 aliphatic heterocycles. The molecule has 0 saturated heterocycles. The van der Waals surface area contributed by atoms with Crippen LogP contribution >= 0.6 is 0 Å². The van der Waals surface area contributed by atoms with Crippen molar-refractivity contribution in [1.82, 2.24) is 0 Å². The standard InChI is InChI=1S/C21H21NO2/c1-16-15-19(11-14-21(16)24-3)22(17-7-5-4-6-8-17)18-9-12-20(23-2)13-10-18/h4-15H,1-3H3. The number of aryl methyl sites for hydroxylation is 1. The van der Waals surface area contributed by atoms with E-state index in [2.05, 4.69) is 48.2 Å². The summed E-state index contributed by atoms with van der Waals surface area (Å²) in [6, 6.07) is 24.6. The topological polar surface area (TPSA) is 21.7 Å². The Kier molecular flexibility index (Phi) is 4.71. The summed E-state index contributed by atoms with van der Waals surface area (Å²) < 4.78 is 10.7. The minimum Gasteiger partial charge on any atom is -0.497 e. The first-order valence-corrected chi connectivity index (χ1v) is 7.87. The number of benzene rings is 3. The molecule has 3 rings (SSSR count). The monoisotopic (exact) mass is 319 g/mol. The van der Waals surface area contributed by atoms with Crippen LogP contribution in [0.25, 0.3) is 0 Å². The third-order valence-corrected chi connectivity index (χ3v) is 3.98. The van der Waals surface area contributed by atoms with Crippen molar-refractivity contribution in [3.8, 4) is 11.5 Å². The van der Waals surface area contributed by atoms with Crippen LogP contribution in [0.2, 0.25) is 0 Å². The lowest BCUT2D eigenvalue weighted by Gasteiger charge is -2.26. The highest BCUT2D eigenvalue weighted by Crippen LogP contribution is 2.36. The van der Waals surface area contributed by atoms with Gasteiger partial charge in [-0.3, -0.25) is 0 Å². The molecule has 0 unspecified atom stereocenters. The van der Waals surface area contributed by atoms with Gasteiger partial charge in [0.15, 0.2) is 0 Å². The van der Waals surface area contributed by atoms with Gasteiger partial charge in [0.2, 0.25) is 0 Å². The quantitative estimate of drug-likeness (QED) is 0.621. The maximum absolute atomic E-state index is 5.39. The lowest BCUT2D eigenvalue weighted by atomic mass is 10.1. The summed E-state index contributed by atoms with van der Waals surface area (Å²) in [6.45, 7) is 2.06. The molecule has 0 aliphatic carbocycles. The van der Waals surface area contributed by atoms with Gasteiger partial charge in [0, 0.05) is 17.1 Å². The van der Waals surface area contributed by atoms with Crippen molar-refractivity contribution in [2.75, 3.05) is 19.1 Å². The van der Waals surface area contributed by atoms with E-state index in [1.807, 2.05) is 36.4 Å². The first-order chi connectivity index (χ1) is 11.7. The molecule has 3 nitrogen and oxygen atoms in total. The Labute approximate surface area is 143 Å². The second-order valence-electron chi connectivity index (χ2n) is 5.52. The van der Waals surface area contributed by atoms with Crippen LogP contribution in [0, 0.1) is 6.92 Å². The van der Waals surface area contributed by atoms with Gasteiger partial charge in [0.25, 0.3) is 0 Å². The molecular weight excluding hydrogens is 298 g/mol. The zero-order valence-electron chi connectivity index (χ0n) is 14.2. The van der Waals surface area contributed by atoms with Crippen molar-refractivity contribution >= 4 is 17.1 Å². The maximum Gasteiger partial charge on any atom is 0.121 e. The number of rotatable bonds is 5. The third-order valence-electron chi connectivity index (χ3n) is 3.98. The summed E-state index contributed by atoms with van der Waals surface area (Å²) >= 11 is 0. The minimum atomic E-state index is 0.845.